The predicted molar refractivity (Wildman–Crippen MR) is 87.7 cm³/mol. The van der Waals surface area contributed by atoms with E-state index in [0.29, 0.717) is 11.1 Å². The number of nitrogens with one attached hydrogen (secondary N) is 1. The molecule has 0 radical (unpaired) electrons. The van der Waals surface area contributed by atoms with Crippen LogP contribution in [0.25, 0.3) is 0 Å². The minimum Gasteiger partial charge on any atom is -0.480 e. The summed E-state index contributed by atoms with van der Waals surface area (Å²) < 4.78 is 5.05. The molecule has 6 nitrogen and oxygen atoms in total. The summed E-state index contributed by atoms with van der Waals surface area (Å²) in [6.45, 7) is 6.55. The summed E-state index contributed by atoms with van der Waals surface area (Å²) in [6, 6.07) is 5.50. The standard InChI is InChI=1S/C16H21NO5.CH4/c1-10(18)12-7-5-11(6-8-12)9-13(14(19)20)17-15(21)22-16(2,3)4;/h5-8,13H,9H2,1-4H3,(H,17,21)(H,19,20);1H4. The Labute approximate surface area is 136 Å². The van der Waals surface area contributed by atoms with E-state index in [9.17, 15) is 19.5 Å². The average molecular weight is 323 g/mol. The first-order chi connectivity index (χ1) is 10.1. The number of ether oxygens (including phenoxy) is 1. The summed E-state index contributed by atoms with van der Waals surface area (Å²) in [5.41, 5.74) is 0.556. The van der Waals surface area contributed by atoms with Crippen molar-refractivity contribution in [2.75, 3.05) is 0 Å². The number of benzene rings is 1. The van der Waals surface area contributed by atoms with E-state index in [1.54, 1.807) is 45.0 Å². The maximum absolute atomic E-state index is 11.7. The van der Waals surface area contributed by atoms with Gasteiger partial charge in [0.25, 0.3) is 0 Å². The maximum Gasteiger partial charge on any atom is 0.408 e. The van der Waals surface area contributed by atoms with Crippen LogP contribution in [0.2, 0.25) is 0 Å². The smallest absolute Gasteiger partial charge is 0.408 e. The van der Waals surface area contributed by atoms with E-state index in [1.165, 1.54) is 6.92 Å². The largest absolute Gasteiger partial charge is 0.480 e. The molecule has 1 unspecified atom stereocenters. The Balaban J connectivity index is 0.00000484. The first kappa shape index (κ1) is 20.6. The van der Waals surface area contributed by atoms with Gasteiger partial charge in [-0.15, -0.1) is 0 Å². The summed E-state index contributed by atoms with van der Waals surface area (Å²) in [4.78, 5) is 34.1. The van der Waals surface area contributed by atoms with E-state index in [2.05, 4.69) is 5.32 Å². The highest BCUT2D eigenvalue weighted by Crippen LogP contribution is 2.10. The Bertz CT molecular complexity index is 557. The van der Waals surface area contributed by atoms with E-state index in [-0.39, 0.29) is 19.6 Å². The predicted octanol–water partition coefficient (Wildman–Crippen LogP) is 3.05. The van der Waals surface area contributed by atoms with Crippen molar-refractivity contribution >= 4 is 17.8 Å². The zero-order chi connectivity index (χ0) is 16.9. The lowest BCUT2D eigenvalue weighted by molar-refractivity contribution is -0.139. The lowest BCUT2D eigenvalue weighted by atomic mass is 10.0. The van der Waals surface area contributed by atoms with E-state index < -0.39 is 23.7 Å². The number of carboxylic acids is 1. The molecule has 0 bridgehead atoms. The number of hydrogen-bond acceptors (Lipinski definition) is 4. The molecule has 1 atom stereocenters. The highest BCUT2D eigenvalue weighted by atomic mass is 16.6. The van der Waals surface area contributed by atoms with Gasteiger partial charge in [-0.1, -0.05) is 31.7 Å². The Hall–Kier alpha value is -2.37. The van der Waals surface area contributed by atoms with Gasteiger partial charge in [0, 0.05) is 12.0 Å². The van der Waals surface area contributed by atoms with Gasteiger partial charge < -0.3 is 15.2 Å². The number of carbonyl (C=O) groups is 3. The molecule has 128 valence electrons. The second kappa shape index (κ2) is 8.31. The van der Waals surface area contributed by atoms with Crippen LogP contribution < -0.4 is 5.32 Å². The van der Waals surface area contributed by atoms with Crippen molar-refractivity contribution in [3.8, 4) is 0 Å². The quantitative estimate of drug-likeness (QED) is 0.812. The van der Waals surface area contributed by atoms with Gasteiger partial charge in [-0.2, -0.15) is 0 Å². The van der Waals surface area contributed by atoms with Crippen LogP contribution in [0.5, 0.6) is 0 Å². The number of aliphatic carboxylic acids is 1. The molecule has 2 N–H and O–H groups in total. The second-order valence-electron chi connectivity index (χ2n) is 5.99. The molecule has 0 aliphatic heterocycles. The normalized spacial score (nSPS) is 11.8. The van der Waals surface area contributed by atoms with Crippen molar-refractivity contribution in [3.63, 3.8) is 0 Å². The molecule has 0 spiro atoms. The molecule has 0 aliphatic carbocycles. The third-order valence-corrected chi connectivity index (χ3v) is 2.79. The first-order valence-corrected chi connectivity index (χ1v) is 6.90. The summed E-state index contributed by atoms with van der Waals surface area (Å²) >= 11 is 0. The van der Waals surface area contributed by atoms with Crippen molar-refractivity contribution in [2.24, 2.45) is 0 Å². The van der Waals surface area contributed by atoms with Crippen LogP contribution in [0.1, 0.15) is 51.0 Å². The van der Waals surface area contributed by atoms with Crippen LogP contribution in [-0.2, 0) is 16.0 Å². The van der Waals surface area contributed by atoms with Crippen LogP contribution in [0.4, 0.5) is 4.79 Å². The first-order valence-electron chi connectivity index (χ1n) is 6.90. The van der Waals surface area contributed by atoms with Gasteiger partial charge in [0.15, 0.2) is 5.78 Å². The minimum atomic E-state index is -1.15. The number of carbonyl (C=O) groups excluding carboxylic acids is 2. The van der Waals surface area contributed by atoms with Crippen LogP contribution in [0.3, 0.4) is 0 Å². The molecule has 23 heavy (non-hydrogen) atoms. The van der Waals surface area contributed by atoms with Gasteiger partial charge in [0.2, 0.25) is 0 Å². The highest BCUT2D eigenvalue weighted by Gasteiger charge is 2.24. The Morgan fingerprint density at radius 2 is 1.70 bits per heavy atom. The molecule has 0 saturated carbocycles. The number of ketones is 1. The molecule has 0 aliphatic rings. The fourth-order valence-corrected chi connectivity index (χ4v) is 1.76. The van der Waals surface area contributed by atoms with Gasteiger partial charge in [-0.25, -0.2) is 9.59 Å². The fraction of sp³-hybridized carbons (Fsp3) is 0.471. The number of hydrogen-bond donors (Lipinski definition) is 2. The summed E-state index contributed by atoms with van der Waals surface area (Å²) in [5.74, 6) is -1.21. The topological polar surface area (TPSA) is 92.7 Å². The molecule has 0 aromatic heterocycles. The number of rotatable bonds is 5. The summed E-state index contributed by atoms with van der Waals surface area (Å²) in [6.07, 6.45) is -0.674. The third-order valence-electron chi connectivity index (χ3n) is 2.79. The molecule has 0 heterocycles. The Morgan fingerprint density at radius 1 is 1.17 bits per heavy atom. The monoisotopic (exact) mass is 323 g/mol. The number of amides is 1. The zero-order valence-electron chi connectivity index (χ0n) is 13.2. The van der Waals surface area contributed by atoms with E-state index in [4.69, 9.17) is 4.74 Å². The van der Waals surface area contributed by atoms with E-state index >= 15 is 0 Å². The molecule has 1 amide bonds. The molecule has 0 saturated heterocycles. The Morgan fingerprint density at radius 3 is 2.09 bits per heavy atom. The SMILES string of the molecule is C.CC(=O)c1ccc(CC(NC(=O)OC(C)(C)C)C(=O)O)cc1. The molecule has 1 aromatic carbocycles. The van der Waals surface area contributed by atoms with Gasteiger partial charge in [0.1, 0.15) is 11.6 Å². The molecule has 0 fully saturated rings. The molecular formula is C17H25NO5. The van der Waals surface area contributed by atoms with Gasteiger partial charge in [-0.05, 0) is 33.3 Å². The Kier molecular flexibility index (Phi) is 7.46. The average Bonchev–Trinajstić information content (AvgIpc) is 2.36. The fourth-order valence-electron chi connectivity index (χ4n) is 1.76. The van der Waals surface area contributed by atoms with Crippen LogP contribution >= 0.6 is 0 Å². The van der Waals surface area contributed by atoms with Crippen molar-refractivity contribution in [1.82, 2.24) is 5.32 Å². The van der Waals surface area contributed by atoms with Gasteiger partial charge in [-0.3, -0.25) is 4.79 Å². The zero-order valence-corrected chi connectivity index (χ0v) is 13.2. The van der Waals surface area contributed by atoms with Crippen molar-refractivity contribution < 1.29 is 24.2 Å². The summed E-state index contributed by atoms with van der Waals surface area (Å²) in [7, 11) is 0. The lowest BCUT2D eigenvalue weighted by Crippen LogP contribution is -2.44. The van der Waals surface area contributed by atoms with E-state index in [0.717, 1.165) is 0 Å². The minimum absolute atomic E-state index is 0. The second-order valence-corrected chi connectivity index (χ2v) is 5.99. The van der Waals surface area contributed by atoms with Crippen molar-refractivity contribution in [2.45, 2.75) is 53.2 Å². The van der Waals surface area contributed by atoms with Gasteiger partial charge in [0.05, 0.1) is 0 Å². The highest BCUT2D eigenvalue weighted by molar-refractivity contribution is 5.94. The molecule has 6 heteroatoms. The number of Topliss-reactive ketones (excluding diaryl/α,β-unsaturated/α-hetero) is 1. The van der Waals surface area contributed by atoms with Crippen molar-refractivity contribution in [1.29, 1.82) is 0 Å². The summed E-state index contributed by atoms with van der Waals surface area (Å²) in [5, 5.41) is 11.5. The van der Waals surface area contributed by atoms with Crippen LogP contribution in [-0.4, -0.2) is 34.6 Å². The number of carboxylic acid groups (broad SMARTS) is 1. The molecular weight excluding hydrogens is 298 g/mol. The van der Waals surface area contributed by atoms with Gasteiger partial charge >= 0.3 is 12.1 Å². The lowest BCUT2D eigenvalue weighted by Gasteiger charge is -2.22. The van der Waals surface area contributed by atoms with E-state index in [1.807, 2.05) is 0 Å². The van der Waals surface area contributed by atoms with Crippen LogP contribution in [0.15, 0.2) is 24.3 Å². The molecule has 1 rings (SSSR count). The number of alkyl carbamates (subject to hydrolysis) is 1. The third kappa shape index (κ3) is 7.44. The van der Waals surface area contributed by atoms with Crippen LogP contribution in [0, 0.1) is 0 Å². The van der Waals surface area contributed by atoms with Crippen molar-refractivity contribution in [3.05, 3.63) is 35.4 Å². The maximum atomic E-state index is 11.7. The molecule has 1 aromatic rings.